The summed E-state index contributed by atoms with van der Waals surface area (Å²) in [6, 6.07) is 1.70. The van der Waals surface area contributed by atoms with Gasteiger partial charge in [0, 0.05) is 6.54 Å². The van der Waals surface area contributed by atoms with Gasteiger partial charge in [0.25, 0.3) is 0 Å². The molecule has 16 heavy (non-hydrogen) atoms. The van der Waals surface area contributed by atoms with E-state index in [1.807, 2.05) is 0 Å². The van der Waals surface area contributed by atoms with E-state index in [4.69, 9.17) is 14.7 Å². The van der Waals surface area contributed by atoms with Gasteiger partial charge in [-0.2, -0.15) is 5.26 Å². The summed E-state index contributed by atoms with van der Waals surface area (Å²) in [5, 5.41) is 12.7. The van der Waals surface area contributed by atoms with Crippen LogP contribution >= 0.6 is 0 Å². The first kappa shape index (κ1) is 12.4. The number of nitrogens with one attached hydrogen (secondary N) is 2. The smallest absolute Gasteiger partial charge is 0.310 e. The minimum atomic E-state index is -0.821. The third-order valence-electron chi connectivity index (χ3n) is 1.91. The van der Waals surface area contributed by atoms with Crippen molar-refractivity contribution in [3.05, 3.63) is 0 Å². The van der Waals surface area contributed by atoms with Crippen LogP contribution in [0.4, 0.5) is 0 Å². The van der Waals surface area contributed by atoms with Crippen LogP contribution in [-0.2, 0) is 19.1 Å². The third-order valence-corrected chi connectivity index (χ3v) is 1.91. The first-order valence-electron chi connectivity index (χ1n) is 4.86. The molecule has 2 amide bonds. The molecule has 88 valence electrons. The van der Waals surface area contributed by atoms with Crippen molar-refractivity contribution in [2.75, 3.05) is 32.9 Å². The monoisotopic (exact) mass is 227 g/mol. The van der Waals surface area contributed by atoms with Crippen molar-refractivity contribution >= 4 is 11.8 Å². The summed E-state index contributed by atoms with van der Waals surface area (Å²) in [4.78, 5) is 22.2. The van der Waals surface area contributed by atoms with Crippen molar-refractivity contribution in [2.24, 2.45) is 0 Å². The van der Waals surface area contributed by atoms with Crippen LogP contribution in [0.25, 0.3) is 0 Å². The number of nitrogens with zero attached hydrogens (tertiary/aromatic N) is 1. The van der Waals surface area contributed by atoms with E-state index >= 15 is 0 Å². The van der Waals surface area contributed by atoms with Crippen molar-refractivity contribution in [1.82, 2.24) is 10.6 Å². The van der Waals surface area contributed by atoms with Gasteiger partial charge in [0.2, 0.25) is 0 Å². The highest BCUT2D eigenvalue weighted by molar-refractivity contribution is 6.35. The molecule has 1 heterocycles. The second-order valence-electron chi connectivity index (χ2n) is 3.12. The number of nitriles is 1. The predicted molar refractivity (Wildman–Crippen MR) is 52.2 cm³/mol. The SMILES string of the molecule is N#CCNC(=O)C(=O)NCC1COCCO1. The van der Waals surface area contributed by atoms with Crippen LogP contribution in [0.5, 0.6) is 0 Å². The lowest BCUT2D eigenvalue weighted by Crippen LogP contribution is -2.45. The molecule has 0 bridgehead atoms. The molecule has 0 aromatic rings. The number of amides is 2. The minimum absolute atomic E-state index is 0.185. The molecule has 1 unspecified atom stereocenters. The van der Waals surface area contributed by atoms with E-state index in [0.717, 1.165) is 0 Å². The lowest BCUT2D eigenvalue weighted by Gasteiger charge is -2.22. The number of rotatable bonds is 3. The van der Waals surface area contributed by atoms with Crippen LogP contribution < -0.4 is 10.6 Å². The van der Waals surface area contributed by atoms with Gasteiger partial charge < -0.3 is 20.1 Å². The maximum absolute atomic E-state index is 11.2. The molecule has 0 radical (unpaired) electrons. The van der Waals surface area contributed by atoms with Gasteiger partial charge in [-0.05, 0) is 0 Å². The first-order chi connectivity index (χ1) is 7.74. The number of hydrogen-bond acceptors (Lipinski definition) is 5. The predicted octanol–water partition coefficient (Wildman–Crippen LogP) is -1.84. The third kappa shape index (κ3) is 4.25. The second kappa shape index (κ2) is 6.76. The zero-order chi connectivity index (χ0) is 11.8. The number of hydrogen-bond donors (Lipinski definition) is 2. The Hall–Kier alpha value is -1.65. The fourth-order valence-corrected chi connectivity index (χ4v) is 1.14. The van der Waals surface area contributed by atoms with E-state index in [1.165, 1.54) is 0 Å². The molecule has 2 N–H and O–H groups in total. The highest BCUT2D eigenvalue weighted by Crippen LogP contribution is 1.98. The van der Waals surface area contributed by atoms with E-state index in [-0.39, 0.29) is 19.2 Å². The molecule has 1 atom stereocenters. The maximum Gasteiger partial charge on any atom is 0.310 e. The van der Waals surface area contributed by atoms with Gasteiger partial charge in [-0.3, -0.25) is 9.59 Å². The van der Waals surface area contributed by atoms with Crippen LogP contribution in [0, 0.1) is 11.3 Å². The van der Waals surface area contributed by atoms with E-state index < -0.39 is 11.8 Å². The van der Waals surface area contributed by atoms with Crippen LogP contribution in [0.2, 0.25) is 0 Å². The molecule has 0 aromatic carbocycles. The van der Waals surface area contributed by atoms with Crippen molar-refractivity contribution in [1.29, 1.82) is 5.26 Å². The Morgan fingerprint density at radius 3 is 2.69 bits per heavy atom. The van der Waals surface area contributed by atoms with E-state index in [1.54, 1.807) is 6.07 Å². The number of carbonyl (C=O) groups excluding carboxylic acids is 2. The first-order valence-corrected chi connectivity index (χ1v) is 4.86. The standard InChI is InChI=1S/C9H13N3O4/c10-1-2-11-8(13)9(14)12-5-7-6-15-3-4-16-7/h7H,2-6H2,(H,11,13)(H,12,14). The Bertz CT molecular complexity index is 294. The van der Waals surface area contributed by atoms with Crippen LogP contribution in [0.1, 0.15) is 0 Å². The molecule has 1 saturated heterocycles. The largest absolute Gasteiger partial charge is 0.376 e. The average Bonchev–Trinajstić information content (AvgIpc) is 2.34. The Kier molecular flexibility index (Phi) is 5.25. The summed E-state index contributed by atoms with van der Waals surface area (Å²) in [6.45, 7) is 1.47. The lowest BCUT2D eigenvalue weighted by molar-refractivity contribution is -0.140. The molecule has 0 aliphatic carbocycles. The second-order valence-corrected chi connectivity index (χ2v) is 3.12. The summed E-state index contributed by atoms with van der Waals surface area (Å²) in [7, 11) is 0. The van der Waals surface area contributed by atoms with E-state index in [9.17, 15) is 9.59 Å². The van der Waals surface area contributed by atoms with Crippen molar-refractivity contribution in [3.63, 3.8) is 0 Å². The molecular weight excluding hydrogens is 214 g/mol. The highest BCUT2D eigenvalue weighted by Gasteiger charge is 2.18. The Balaban J connectivity index is 2.18. The molecular formula is C9H13N3O4. The molecule has 1 rings (SSSR count). The van der Waals surface area contributed by atoms with Gasteiger partial charge >= 0.3 is 11.8 Å². The molecule has 0 saturated carbocycles. The lowest BCUT2D eigenvalue weighted by atomic mass is 10.3. The molecule has 7 heteroatoms. The molecule has 0 aromatic heterocycles. The van der Waals surface area contributed by atoms with Crippen LogP contribution in [0.15, 0.2) is 0 Å². The van der Waals surface area contributed by atoms with Gasteiger partial charge in [0.1, 0.15) is 6.54 Å². The van der Waals surface area contributed by atoms with Crippen molar-refractivity contribution < 1.29 is 19.1 Å². The number of ether oxygens (including phenoxy) is 2. The quantitative estimate of drug-likeness (QED) is 0.436. The Morgan fingerprint density at radius 2 is 2.06 bits per heavy atom. The molecule has 0 spiro atoms. The zero-order valence-corrected chi connectivity index (χ0v) is 8.69. The van der Waals surface area contributed by atoms with E-state index in [0.29, 0.717) is 19.8 Å². The normalized spacial score (nSPS) is 19.6. The van der Waals surface area contributed by atoms with E-state index in [2.05, 4.69) is 10.6 Å². The Morgan fingerprint density at radius 1 is 1.31 bits per heavy atom. The highest BCUT2D eigenvalue weighted by atomic mass is 16.6. The van der Waals surface area contributed by atoms with Gasteiger partial charge in [-0.25, -0.2) is 0 Å². The molecule has 7 nitrogen and oxygen atoms in total. The fraction of sp³-hybridized carbons (Fsp3) is 0.667. The number of carbonyl (C=O) groups is 2. The fourth-order valence-electron chi connectivity index (χ4n) is 1.14. The molecule has 1 aliphatic heterocycles. The molecule has 1 aliphatic rings. The topological polar surface area (TPSA) is 100 Å². The van der Waals surface area contributed by atoms with Gasteiger partial charge in [0.15, 0.2) is 0 Å². The van der Waals surface area contributed by atoms with Crippen molar-refractivity contribution in [2.45, 2.75) is 6.10 Å². The summed E-state index contributed by atoms with van der Waals surface area (Å²) in [5.74, 6) is -1.59. The van der Waals surface area contributed by atoms with Crippen LogP contribution in [0.3, 0.4) is 0 Å². The maximum atomic E-state index is 11.2. The summed E-state index contributed by atoms with van der Waals surface area (Å²) >= 11 is 0. The summed E-state index contributed by atoms with van der Waals surface area (Å²) < 4.78 is 10.4. The molecule has 1 fully saturated rings. The van der Waals surface area contributed by atoms with Gasteiger partial charge in [-0.1, -0.05) is 0 Å². The van der Waals surface area contributed by atoms with Gasteiger partial charge in [0.05, 0.1) is 32.0 Å². The minimum Gasteiger partial charge on any atom is -0.376 e. The Labute approximate surface area is 92.7 Å². The van der Waals surface area contributed by atoms with Crippen molar-refractivity contribution in [3.8, 4) is 6.07 Å². The van der Waals surface area contributed by atoms with Gasteiger partial charge in [-0.15, -0.1) is 0 Å². The summed E-state index contributed by atoms with van der Waals surface area (Å²) in [5.41, 5.74) is 0. The zero-order valence-electron chi connectivity index (χ0n) is 8.69. The summed E-state index contributed by atoms with van der Waals surface area (Å²) in [6.07, 6.45) is -0.221. The average molecular weight is 227 g/mol. The van der Waals surface area contributed by atoms with Crippen LogP contribution in [-0.4, -0.2) is 50.8 Å².